The van der Waals surface area contributed by atoms with Crippen molar-refractivity contribution in [3.8, 4) is 0 Å². The quantitative estimate of drug-likeness (QED) is 0.928. The molecule has 2 heterocycles. The van der Waals surface area contributed by atoms with Gasteiger partial charge in [0.15, 0.2) is 0 Å². The van der Waals surface area contributed by atoms with Crippen molar-refractivity contribution in [2.45, 2.75) is 25.8 Å². The molecule has 2 unspecified atom stereocenters. The number of rotatable bonds is 3. The minimum Gasteiger partial charge on any atom is -0.481 e. The van der Waals surface area contributed by atoms with Crippen LogP contribution in [0.4, 0.5) is 0 Å². The van der Waals surface area contributed by atoms with E-state index in [-0.39, 0.29) is 11.9 Å². The molecule has 18 heavy (non-hydrogen) atoms. The summed E-state index contributed by atoms with van der Waals surface area (Å²) in [6.45, 7) is 2.32. The van der Waals surface area contributed by atoms with E-state index in [0.717, 1.165) is 4.88 Å². The first kappa shape index (κ1) is 13.4. The van der Waals surface area contributed by atoms with Crippen LogP contribution in [-0.4, -0.2) is 34.5 Å². The van der Waals surface area contributed by atoms with E-state index in [1.807, 2.05) is 6.07 Å². The topological polar surface area (TPSA) is 57.6 Å². The first-order valence-electron chi connectivity index (χ1n) is 5.75. The summed E-state index contributed by atoms with van der Waals surface area (Å²) in [5, 5.41) is 9.02. The van der Waals surface area contributed by atoms with Gasteiger partial charge in [-0.25, -0.2) is 0 Å². The number of hydrogen-bond acceptors (Lipinski definition) is 3. The minimum absolute atomic E-state index is 0.0234. The fraction of sp³-hybridized carbons (Fsp3) is 0.500. The third-order valence-electron chi connectivity index (χ3n) is 3.35. The second-order valence-electron chi connectivity index (χ2n) is 4.44. The number of carbonyl (C=O) groups is 2. The van der Waals surface area contributed by atoms with Crippen molar-refractivity contribution < 1.29 is 14.7 Å². The Bertz CT molecular complexity index is 474. The maximum atomic E-state index is 12.1. The molecule has 1 aromatic heterocycles. The van der Waals surface area contributed by atoms with Crippen LogP contribution in [0.25, 0.3) is 0 Å². The Kier molecular flexibility index (Phi) is 3.92. The molecule has 0 radical (unpaired) electrons. The highest BCUT2D eigenvalue weighted by atomic mass is 35.5. The summed E-state index contributed by atoms with van der Waals surface area (Å²) in [5.74, 6) is -1.29. The Morgan fingerprint density at radius 2 is 2.28 bits per heavy atom. The molecule has 1 fully saturated rings. The van der Waals surface area contributed by atoms with E-state index in [0.29, 0.717) is 23.7 Å². The maximum absolute atomic E-state index is 12.1. The maximum Gasteiger partial charge on any atom is 0.308 e. The predicted octanol–water partition coefficient (Wildman–Crippen LogP) is 2.27. The largest absolute Gasteiger partial charge is 0.481 e. The van der Waals surface area contributed by atoms with Gasteiger partial charge in [-0.1, -0.05) is 11.6 Å². The van der Waals surface area contributed by atoms with Crippen LogP contribution in [0, 0.1) is 5.92 Å². The van der Waals surface area contributed by atoms with Crippen LogP contribution in [0.5, 0.6) is 0 Å². The molecule has 98 valence electrons. The SMILES string of the molecule is CC1C(C(=O)O)CCN1C(=O)Cc1ccc(Cl)s1. The number of thiophene rings is 1. The monoisotopic (exact) mass is 287 g/mol. The van der Waals surface area contributed by atoms with Gasteiger partial charge in [-0.05, 0) is 25.5 Å². The van der Waals surface area contributed by atoms with Crippen LogP contribution in [0.3, 0.4) is 0 Å². The number of halogens is 1. The highest BCUT2D eigenvalue weighted by molar-refractivity contribution is 7.16. The summed E-state index contributed by atoms with van der Waals surface area (Å²) in [6, 6.07) is 3.37. The standard InChI is InChI=1S/C12H14ClNO3S/c1-7-9(12(16)17)4-5-14(7)11(15)6-8-2-3-10(13)18-8/h2-3,7,9H,4-6H2,1H3,(H,16,17). The molecule has 2 rings (SSSR count). The van der Waals surface area contributed by atoms with Gasteiger partial charge in [0.2, 0.25) is 5.91 Å². The zero-order chi connectivity index (χ0) is 13.3. The molecule has 0 aromatic carbocycles. The van der Waals surface area contributed by atoms with E-state index in [4.69, 9.17) is 16.7 Å². The van der Waals surface area contributed by atoms with Crippen LogP contribution >= 0.6 is 22.9 Å². The number of carboxylic acid groups (broad SMARTS) is 1. The summed E-state index contributed by atoms with van der Waals surface area (Å²) in [5.41, 5.74) is 0. The van der Waals surface area contributed by atoms with Crippen molar-refractivity contribution in [3.63, 3.8) is 0 Å². The summed E-state index contributed by atoms with van der Waals surface area (Å²) in [4.78, 5) is 25.7. The average molecular weight is 288 g/mol. The third kappa shape index (κ3) is 2.67. The molecule has 0 aliphatic carbocycles. The second kappa shape index (κ2) is 5.28. The Labute approximate surface area is 114 Å². The summed E-state index contributed by atoms with van der Waals surface area (Å²) in [6.07, 6.45) is 0.835. The van der Waals surface area contributed by atoms with Gasteiger partial charge >= 0.3 is 5.97 Å². The van der Waals surface area contributed by atoms with Crippen molar-refractivity contribution >= 4 is 34.8 Å². The number of amides is 1. The van der Waals surface area contributed by atoms with E-state index in [1.54, 1.807) is 17.9 Å². The van der Waals surface area contributed by atoms with Gasteiger partial charge in [0.05, 0.1) is 16.7 Å². The van der Waals surface area contributed by atoms with Gasteiger partial charge in [0.25, 0.3) is 0 Å². The number of carbonyl (C=O) groups excluding carboxylic acids is 1. The van der Waals surface area contributed by atoms with Crippen LogP contribution < -0.4 is 0 Å². The molecule has 1 saturated heterocycles. The van der Waals surface area contributed by atoms with Gasteiger partial charge in [0.1, 0.15) is 0 Å². The fourth-order valence-electron chi connectivity index (χ4n) is 2.32. The van der Waals surface area contributed by atoms with Gasteiger partial charge in [-0.2, -0.15) is 0 Å². The molecule has 0 saturated carbocycles. The van der Waals surface area contributed by atoms with Gasteiger partial charge in [-0.3, -0.25) is 9.59 Å². The molecule has 0 bridgehead atoms. The molecular formula is C12H14ClNO3S. The molecule has 1 N–H and O–H groups in total. The van der Waals surface area contributed by atoms with Crippen molar-refractivity contribution in [1.82, 2.24) is 4.90 Å². The molecule has 1 amide bonds. The number of likely N-dealkylation sites (tertiary alicyclic amines) is 1. The zero-order valence-corrected chi connectivity index (χ0v) is 11.5. The summed E-state index contributed by atoms with van der Waals surface area (Å²) in [7, 11) is 0. The lowest BCUT2D eigenvalue weighted by Crippen LogP contribution is -2.38. The van der Waals surface area contributed by atoms with E-state index in [2.05, 4.69) is 0 Å². The Hall–Kier alpha value is -1.07. The normalized spacial score (nSPS) is 23.3. The van der Waals surface area contributed by atoms with Crippen molar-refractivity contribution in [1.29, 1.82) is 0 Å². The molecule has 2 atom stereocenters. The summed E-state index contributed by atoms with van der Waals surface area (Å²) >= 11 is 7.20. The van der Waals surface area contributed by atoms with E-state index >= 15 is 0 Å². The fourth-order valence-corrected chi connectivity index (χ4v) is 3.40. The van der Waals surface area contributed by atoms with Crippen LogP contribution in [0.2, 0.25) is 4.34 Å². The Morgan fingerprint density at radius 1 is 1.56 bits per heavy atom. The molecule has 4 nitrogen and oxygen atoms in total. The van der Waals surface area contributed by atoms with Crippen LogP contribution in [0.1, 0.15) is 18.2 Å². The highest BCUT2D eigenvalue weighted by Crippen LogP contribution is 2.27. The Balaban J connectivity index is 2.00. The number of nitrogens with zero attached hydrogens (tertiary/aromatic N) is 1. The number of hydrogen-bond donors (Lipinski definition) is 1. The first-order valence-corrected chi connectivity index (χ1v) is 6.95. The second-order valence-corrected chi connectivity index (χ2v) is 6.24. The molecule has 1 aliphatic rings. The average Bonchev–Trinajstić information content (AvgIpc) is 2.85. The third-order valence-corrected chi connectivity index (χ3v) is 4.58. The van der Waals surface area contributed by atoms with E-state index in [9.17, 15) is 9.59 Å². The lowest BCUT2D eigenvalue weighted by Gasteiger charge is -2.23. The van der Waals surface area contributed by atoms with Crippen molar-refractivity contribution in [2.24, 2.45) is 5.92 Å². The number of carboxylic acids is 1. The van der Waals surface area contributed by atoms with Gasteiger partial charge < -0.3 is 10.0 Å². The van der Waals surface area contributed by atoms with Gasteiger partial charge in [-0.15, -0.1) is 11.3 Å². The molecular weight excluding hydrogens is 274 g/mol. The lowest BCUT2D eigenvalue weighted by atomic mass is 10.0. The van der Waals surface area contributed by atoms with Crippen molar-refractivity contribution in [2.75, 3.05) is 6.54 Å². The minimum atomic E-state index is -0.822. The van der Waals surface area contributed by atoms with E-state index in [1.165, 1.54) is 11.3 Å². The Morgan fingerprint density at radius 3 is 2.78 bits per heavy atom. The van der Waals surface area contributed by atoms with Crippen molar-refractivity contribution in [3.05, 3.63) is 21.3 Å². The van der Waals surface area contributed by atoms with Gasteiger partial charge in [0, 0.05) is 17.5 Å². The first-order chi connectivity index (χ1) is 8.49. The smallest absolute Gasteiger partial charge is 0.308 e. The zero-order valence-electron chi connectivity index (χ0n) is 9.93. The molecule has 1 aromatic rings. The molecule has 0 spiro atoms. The van der Waals surface area contributed by atoms with Crippen LogP contribution in [0.15, 0.2) is 12.1 Å². The molecule has 6 heteroatoms. The summed E-state index contributed by atoms with van der Waals surface area (Å²) < 4.78 is 0.663. The highest BCUT2D eigenvalue weighted by Gasteiger charge is 2.37. The molecule has 1 aliphatic heterocycles. The number of aliphatic carboxylic acids is 1. The van der Waals surface area contributed by atoms with Crippen LogP contribution in [-0.2, 0) is 16.0 Å². The predicted molar refractivity (Wildman–Crippen MR) is 70.0 cm³/mol. The lowest BCUT2D eigenvalue weighted by molar-refractivity contribution is -0.143. The van der Waals surface area contributed by atoms with E-state index < -0.39 is 11.9 Å².